The van der Waals surface area contributed by atoms with Crippen LogP contribution in [0.25, 0.3) is 0 Å². The molecule has 0 aromatic heterocycles. The summed E-state index contributed by atoms with van der Waals surface area (Å²) in [7, 11) is -0.302. The highest BCUT2D eigenvalue weighted by atomic mass is 16.6. The topological polar surface area (TPSA) is 42.2 Å². The highest BCUT2D eigenvalue weighted by Crippen LogP contribution is 2.02. The monoisotopic (exact) mass is 209 g/mol. The zero-order valence-corrected chi connectivity index (χ0v) is 10.1. The maximum Gasteiger partial charge on any atom is 0.486 e. The summed E-state index contributed by atoms with van der Waals surface area (Å²) >= 11 is 0. The molecule has 0 bridgehead atoms. The third kappa shape index (κ3) is 9.52. The quantitative estimate of drug-likeness (QED) is 0.478. The first-order valence-electron chi connectivity index (χ1n) is 5.40. The zero-order valence-electron chi connectivity index (χ0n) is 10.1. The lowest BCUT2D eigenvalue weighted by Gasteiger charge is -2.16. The highest BCUT2D eigenvalue weighted by molar-refractivity contribution is 6.50. The van der Waals surface area contributed by atoms with E-state index in [2.05, 4.69) is 6.07 Å². The van der Waals surface area contributed by atoms with Crippen molar-refractivity contribution in [2.45, 2.75) is 52.7 Å². The molecule has 0 fully saturated rings. The van der Waals surface area contributed by atoms with Gasteiger partial charge in [0.1, 0.15) is 0 Å². The fourth-order valence-corrected chi connectivity index (χ4v) is 1.01. The normalized spacial score (nSPS) is 11.3. The van der Waals surface area contributed by atoms with Crippen LogP contribution in [0.3, 0.4) is 0 Å². The number of unbranched alkanes of at least 4 members (excludes halogenated alkanes) is 1. The molecule has 0 saturated carbocycles. The minimum Gasteiger partial charge on any atom is -0.405 e. The first kappa shape index (κ1) is 14.2. The number of rotatable bonds is 7. The molecule has 3 nitrogen and oxygen atoms in total. The molecule has 84 valence electrons. The molecule has 0 spiro atoms. The van der Waals surface area contributed by atoms with Gasteiger partial charge in [-0.15, -0.1) is 0 Å². The summed E-state index contributed by atoms with van der Waals surface area (Å²) in [4.78, 5) is 0. The van der Waals surface area contributed by atoms with Crippen molar-refractivity contribution in [1.82, 2.24) is 0 Å². The van der Waals surface area contributed by atoms with Crippen molar-refractivity contribution in [2.24, 2.45) is 0 Å². The fraction of sp³-hybridized carbons (Fsp3) is 0.727. The van der Waals surface area contributed by atoms with Gasteiger partial charge >= 0.3 is 7.12 Å². The molecular formula is C11H20BNO2. The van der Waals surface area contributed by atoms with Crippen LogP contribution >= 0.6 is 0 Å². The van der Waals surface area contributed by atoms with Crippen LogP contribution in [-0.2, 0) is 9.31 Å². The maximum atomic E-state index is 8.38. The summed E-state index contributed by atoms with van der Waals surface area (Å²) in [6, 6.07) is 2.09. The average Bonchev–Trinajstić information content (AvgIpc) is 2.10. The molecule has 0 atom stereocenters. The van der Waals surface area contributed by atoms with Crippen LogP contribution in [0.5, 0.6) is 0 Å². The standard InChI is InChI=1S/C11H20BNO2/c1-10(2)14-12(15-11(3)4)8-6-5-7-9-13/h6,8,10-11H,5,7H2,1-4H3/b8-6+. The van der Waals surface area contributed by atoms with E-state index in [1.807, 2.05) is 39.7 Å². The highest BCUT2D eigenvalue weighted by Gasteiger charge is 2.17. The van der Waals surface area contributed by atoms with E-state index in [0.717, 1.165) is 6.42 Å². The summed E-state index contributed by atoms with van der Waals surface area (Å²) in [5.74, 6) is 1.87. The van der Waals surface area contributed by atoms with Crippen molar-refractivity contribution in [3.63, 3.8) is 0 Å². The van der Waals surface area contributed by atoms with E-state index in [1.54, 1.807) is 0 Å². The second-order valence-corrected chi connectivity index (χ2v) is 3.86. The van der Waals surface area contributed by atoms with Crippen molar-refractivity contribution in [3.05, 3.63) is 12.1 Å². The Hall–Kier alpha value is -0.785. The summed E-state index contributed by atoms with van der Waals surface area (Å²) < 4.78 is 11.1. The summed E-state index contributed by atoms with van der Waals surface area (Å²) in [6.45, 7) is 7.89. The van der Waals surface area contributed by atoms with Crippen molar-refractivity contribution in [3.8, 4) is 6.07 Å². The van der Waals surface area contributed by atoms with Crippen molar-refractivity contribution >= 4 is 7.12 Å². The van der Waals surface area contributed by atoms with Gasteiger partial charge in [0.15, 0.2) is 0 Å². The third-order valence-corrected chi connectivity index (χ3v) is 1.53. The van der Waals surface area contributed by atoms with E-state index in [1.165, 1.54) is 0 Å². The van der Waals surface area contributed by atoms with Crippen molar-refractivity contribution in [1.29, 1.82) is 5.26 Å². The summed E-state index contributed by atoms with van der Waals surface area (Å²) in [5.41, 5.74) is 0. The van der Waals surface area contributed by atoms with Gasteiger partial charge in [-0.1, -0.05) is 12.1 Å². The molecule has 0 aromatic carbocycles. The lowest BCUT2D eigenvalue weighted by molar-refractivity contribution is 0.138. The van der Waals surface area contributed by atoms with Crippen molar-refractivity contribution in [2.75, 3.05) is 0 Å². The smallest absolute Gasteiger partial charge is 0.405 e. The Kier molecular flexibility index (Phi) is 8.07. The van der Waals surface area contributed by atoms with Crippen molar-refractivity contribution < 1.29 is 9.31 Å². The predicted molar refractivity (Wildman–Crippen MR) is 62.2 cm³/mol. The van der Waals surface area contributed by atoms with Crippen LogP contribution in [0.2, 0.25) is 0 Å². The summed E-state index contributed by atoms with van der Waals surface area (Å²) in [5, 5.41) is 8.38. The largest absolute Gasteiger partial charge is 0.486 e. The minimum atomic E-state index is -0.302. The number of hydrogen-bond acceptors (Lipinski definition) is 3. The molecule has 4 heteroatoms. The number of hydrogen-bond donors (Lipinski definition) is 0. The van der Waals surface area contributed by atoms with Gasteiger partial charge in [0.25, 0.3) is 0 Å². The maximum absolute atomic E-state index is 8.38. The van der Waals surface area contributed by atoms with E-state index in [0.29, 0.717) is 6.42 Å². The van der Waals surface area contributed by atoms with E-state index in [-0.39, 0.29) is 19.3 Å². The fourth-order valence-electron chi connectivity index (χ4n) is 1.01. The molecular weight excluding hydrogens is 189 g/mol. The zero-order chi connectivity index (χ0) is 11.7. The van der Waals surface area contributed by atoms with Crippen LogP contribution < -0.4 is 0 Å². The molecule has 0 amide bonds. The SMILES string of the molecule is CC(C)OB(/C=C/CCC#N)OC(C)C. The number of allylic oxidation sites excluding steroid dienone is 1. The van der Waals surface area contributed by atoms with Crippen LogP contribution in [0.15, 0.2) is 12.1 Å². The van der Waals surface area contributed by atoms with Crippen LogP contribution in [0.1, 0.15) is 40.5 Å². The Bertz CT molecular complexity index is 211. The van der Waals surface area contributed by atoms with Gasteiger partial charge in [-0.25, -0.2) is 0 Å². The second kappa shape index (κ2) is 8.52. The van der Waals surface area contributed by atoms with E-state index >= 15 is 0 Å². The minimum absolute atomic E-state index is 0.134. The first-order valence-corrected chi connectivity index (χ1v) is 5.40. The van der Waals surface area contributed by atoms with Gasteiger partial charge < -0.3 is 9.31 Å². The van der Waals surface area contributed by atoms with Gasteiger partial charge in [-0.3, -0.25) is 0 Å². The molecule has 0 aliphatic carbocycles. The average molecular weight is 209 g/mol. The van der Waals surface area contributed by atoms with Gasteiger partial charge in [-0.05, 0) is 34.1 Å². The molecule has 0 rings (SSSR count). The molecule has 0 radical (unpaired) electrons. The Labute approximate surface area is 93.2 Å². The van der Waals surface area contributed by atoms with Crippen LogP contribution in [-0.4, -0.2) is 19.3 Å². The van der Waals surface area contributed by atoms with E-state index in [9.17, 15) is 0 Å². The van der Waals surface area contributed by atoms with Crippen LogP contribution in [0, 0.1) is 11.3 Å². The molecule has 0 heterocycles. The molecule has 0 saturated heterocycles. The van der Waals surface area contributed by atoms with Gasteiger partial charge in [0, 0.05) is 18.6 Å². The molecule has 15 heavy (non-hydrogen) atoms. The Morgan fingerprint density at radius 3 is 2.13 bits per heavy atom. The molecule has 0 aliphatic rings. The Balaban J connectivity index is 4.00. The number of nitriles is 1. The van der Waals surface area contributed by atoms with Gasteiger partial charge in [0.05, 0.1) is 6.07 Å². The molecule has 0 aliphatic heterocycles. The van der Waals surface area contributed by atoms with E-state index in [4.69, 9.17) is 14.6 Å². The van der Waals surface area contributed by atoms with Gasteiger partial charge in [-0.2, -0.15) is 5.26 Å². The molecule has 0 N–H and O–H groups in total. The molecule has 0 aromatic rings. The molecule has 0 unspecified atom stereocenters. The van der Waals surface area contributed by atoms with E-state index < -0.39 is 0 Å². The summed E-state index contributed by atoms with van der Waals surface area (Å²) in [6.07, 6.45) is 3.48. The number of nitrogens with zero attached hydrogens (tertiary/aromatic N) is 1. The second-order valence-electron chi connectivity index (χ2n) is 3.86. The lowest BCUT2D eigenvalue weighted by Crippen LogP contribution is -2.27. The predicted octanol–water partition coefficient (Wildman–Crippen LogP) is 2.72. The lowest BCUT2D eigenvalue weighted by atomic mass is 9.88. The van der Waals surface area contributed by atoms with Gasteiger partial charge in [0.2, 0.25) is 0 Å². The van der Waals surface area contributed by atoms with Crippen LogP contribution in [0.4, 0.5) is 0 Å². The first-order chi connectivity index (χ1) is 7.06. The third-order valence-electron chi connectivity index (χ3n) is 1.53. The Morgan fingerprint density at radius 1 is 1.20 bits per heavy atom. The Morgan fingerprint density at radius 2 is 1.73 bits per heavy atom.